The number of benzene rings is 1. The molecule has 1 aliphatic rings. The molecule has 0 saturated heterocycles. The lowest BCUT2D eigenvalue weighted by atomic mass is 9.97. The van der Waals surface area contributed by atoms with Gasteiger partial charge in [0.15, 0.2) is 5.78 Å². The third kappa shape index (κ3) is 7.53. The predicted molar refractivity (Wildman–Crippen MR) is 117 cm³/mol. The van der Waals surface area contributed by atoms with Crippen LogP contribution in [0.4, 0.5) is 13.2 Å². The molecule has 0 fully saturated rings. The van der Waals surface area contributed by atoms with E-state index in [4.69, 9.17) is 16.3 Å². The maximum Gasteiger partial charge on any atom is 0.389 e. The molecule has 0 atom stereocenters. The zero-order valence-corrected chi connectivity index (χ0v) is 18.2. The minimum atomic E-state index is -4.03. The van der Waals surface area contributed by atoms with E-state index in [1.54, 1.807) is 12.1 Å². The maximum atomic E-state index is 12.5. The standard InChI is InChI=1S/C24H27ClF3NO2/c25-18-10-9-17-13-20-22(29-21(17)14-18)15-19(16-23(20)30)31-12-8-6-4-2-1-3-5-7-11-24(26,27)28/h9-10,13-15H,1-8,11-12,16H2. The number of ether oxygens (including phenoxy) is 1. The molecule has 0 radical (unpaired) electrons. The summed E-state index contributed by atoms with van der Waals surface area (Å²) in [6, 6.07) is 7.27. The molecule has 1 heterocycles. The number of unbranched alkanes of at least 4 members (excludes halogenated alkanes) is 7. The van der Waals surface area contributed by atoms with Crippen molar-refractivity contribution in [1.29, 1.82) is 0 Å². The maximum absolute atomic E-state index is 12.5. The quantitative estimate of drug-likeness (QED) is 0.324. The first-order chi connectivity index (χ1) is 14.8. The summed E-state index contributed by atoms with van der Waals surface area (Å²) >= 11 is 6.04. The van der Waals surface area contributed by atoms with Gasteiger partial charge in [-0.25, -0.2) is 4.98 Å². The minimum Gasteiger partial charge on any atom is -0.497 e. The third-order valence-electron chi connectivity index (χ3n) is 5.38. The first-order valence-corrected chi connectivity index (χ1v) is 11.2. The summed E-state index contributed by atoms with van der Waals surface area (Å²) in [6.45, 7) is 0.541. The molecule has 0 spiro atoms. The van der Waals surface area contributed by atoms with E-state index in [1.807, 2.05) is 18.2 Å². The highest BCUT2D eigenvalue weighted by Crippen LogP contribution is 2.28. The van der Waals surface area contributed by atoms with Gasteiger partial charge in [-0.05, 0) is 31.0 Å². The van der Waals surface area contributed by atoms with Crippen molar-refractivity contribution in [2.45, 2.75) is 70.4 Å². The zero-order chi connectivity index (χ0) is 22.3. The molecule has 2 aromatic rings. The van der Waals surface area contributed by atoms with Gasteiger partial charge in [0.05, 0.1) is 24.2 Å². The Balaban J connectivity index is 1.36. The van der Waals surface area contributed by atoms with Crippen molar-refractivity contribution in [3.8, 4) is 0 Å². The Morgan fingerprint density at radius 3 is 2.35 bits per heavy atom. The van der Waals surface area contributed by atoms with Crippen LogP contribution < -0.4 is 0 Å². The van der Waals surface area contributed by atoms with Gasteiger partial charge < -0.3 is 4.74 Å². The molecule has 31 heavy (non-hydrogen) atoms. The molecule has 3 rings (SSSR count). The molecule has 1 aromatic heterocycles. The van der Waals surface area contributed by atoms with E-state index >= 15 is 0 Å². The molecular weight excluding hydrogens is 427 g/mol. The number of carbonyl (C=O) groups is 1. The monoisotopic (exact) mass is 453 g/mol. The van der Waals surface area contributed by atoms with Crippen LogP contribution in [0.1, 0.15) is 80.3 Å². The summed E-state index contributed by atoms with van der Waals surface area (Å²) < 4.78 is 42.0. The molecule has 0 aliphatic heterocycles. The number of alkyl halides is 3. The van der Waals surface area contributed by atoms with Gasteiger partial charge in [0.2, 0.25) is 0 Å². The van der Waals surface area contributed by atoms with Gasteiger partial charge >= 0.3 is 6.18 Å². The van der Waals surface area contributed by atoms with Crippen LogP contribution in [0, 0.1) is 0 Å². The predicted octanol–water partition coefficient (Wildman–Crippen LogP) is 7.91. The fraction of sp³-hybridized carbons (Fsp3) is 0.500. The van der Waals surface area contributed by atoms with E-state index < -0.39 is 12.6 Å². The van der Waals surface area contributed by atoms with E-state index in [2.05, 4.69) is 4.98 Å². The molecule has 168 valence electrons. The van der Waals surface area contributed by atoms with E-state index in [9.17, 15) is 18.0 Å². The summed E-state index contributed by atoms with van der Waals surface area (Å²) in [5, 5.41) is 1.48. The Hall–Kier alpha value is -2.08. The van der Waals surface area contributed by atoms with Crippen LogP contribution in [0.5, 0.6) is 0 Å². The molecule has 1 aliphatic carbocycles. The van der Waals surface area contributed by atoms with Crippen molar-refractivity contribution in [3.05, 3.63) is 46.3 Å². The van der Waals surface area contributed by atoms with Crippen molar-refractivity contribution < 1.29 is 22.7 Å². The van der Waals surface area contributed by atoms with Crippen molar-refractivity contribution in [2.75, 3.05) is 6.61 Å². The lowest BCUT2D eigenvalue weighted by Crippen LogP contribution is -2.12. The van der Waals surface area contributed by atoms with Gasteiger partial charge in [0, 0.05) is 28.5 Å². The largest absolute Gasteiger partial charge is 0.497 e. The number of carbonyl (C=O) groups excluding carboxylic acids is 1. The summed E-state index contributed by atoms with van der Waals surface area (Å²) in [4.78, 5) is 17.1. The number of hydrogen-bond donors (Lipinski definition) is 0. The number of nitrogens with zero attached hydrogens (tertiary/aromatic N) is 1. The SMILES string of the molecule is O=C1CC(OCCCCCCCCCCC(F)(F)F)=Cc2nc3cc(Cl)ccc3cc21. The lowest BCUT2D eigenvalue weighted by molar-refractivity contribution is -0.135. The molecule has 0 unspecified atom stereocenters. The first-order valence-electron chi connectivity index (χ1n) is 10.9. The average Bonchev–Trinajstić information content (AvgIpc) is 2.70. The topological polar surface area (TPSA) is 39.2 Å². The Kier molecular flexibility index (Phi) is 8.35. The van der Waals surface area contributed by atoms with Crippen molar-refractivity contribution >= 4 is 34.4 Å². The fourth-order valence-corrected chi connectivity index (χ4v) is 3.90. The number of aromatic nitrogens is 1. The van der Waals surface area contributed by atoms with Crippen LogP contribution in [0.3, 0.4) is 0 Å². The number of hydrogen-bond acceptors (Lipinski definition) is 3. The minimum absolute atomic E-state index is 0.00220. The van der Waals surface area contributed by atoms with Crippen molar-refractivity contribution in [1.82, 2.24) is 4.98 Å². The second-order valence-electron chi connectivity index (χ2n) is 8.01. The van der Waals surface area contributed by atoms with Crippen LogP contribution >= 0.6 is 11.6 Å². The smallest absolute Gasteiger partial charge is 0.389 e. The van der Waals surface area contributed by atoms with Crippen LogP contribution in [-0.2, 0) is 4.74 Å². The number of halogens is 4. The van der Waals surface area contributed by atoms with Crippen LogP contribution in [-0.4, -0.2) is 23.6 Å². The Bertz CT molecular complexity index is 940. The van der Waals surface area contributed by atoms with E-state index in [-0.39, 0.29) is 18.6 Å². The Labute approximate surface area is 185 Å². The second kappa shape index (κ2) is 11.0. The zero-order valence-electron chi connectivity index (χ0n) is 17.4. The van der Waals surface area contributed by atoms with Crippen LogP contribution in [0.25, 0.3) is 17.0 Å². The molecule has 1 aromatic carbocycles. The molecule has 0 amide bonds. The number of allylic oxidation sites excluding steroid dienone is 1. The molecule has 0 N–H and O–H groups in total. The summed E-state index contributed by atoms with van der Waals surface area (Å²) in [5.41, 5.74) is 1.97. The highest BCUT2D eigenvalue weighted by atomic mass is 35.5. The van der Waals surface area contributed by atoms with Gasteiger partial charge in [0.1, 0.15) is 5.76 Å². The lowest BCUT2D eigenvalue weighted by Gasteiger charge is -2.16. The van der Waals surface area contributed by atoms with Gasteiger partial charge in [0.25, 0.3) is 0 Å². The van der Waals surface area contributed by atoms with E-state index in [1.165, 1.54) is 0 Å². The van der Waals surface area contributed by atoms with Gasteiger partial charge in [-0.1, -0.05) is 56.2 Å². The Morgan fingerprint density at radius 2 is 1.65 bits per heavy atom. The fourth-order valence-electron chi connectivity index (χ4n) is 3.73. The molecule has 0 saturated carbocycles. The normalized spacial score (nSPS) is 13.9. The number of pyridine rings is 1. The molecular formula is C24H27ClF3NO2. The number of fused-ring (bicyclic) bond motifs is 2. The summed E-state index contributed by atoms with van der Waals surface area (Å²) in [6.07, 6.45) is 4.02. The van der Waals surface area contributed by atoms with Gasteiger partial charge in [-0.2, -0.15) is 13.2 Å². The molecule has 0 bridgehead atoms. The number of ketones is 1. The van der Waals surface area contributed by atoms with Crippen LogP contribution in [0.15, 0.2) is 30.0 Å². The van der Waals surface area contributed by atoms with E-state index in [0.29, 0.717) is 35.1 Å². The highest BCUT2D eigenvalue weighted by molar-refractivity contribution is 6.31. The molecule has 7 heteroatoms. The summed E-state index contributed by atoms with van der Waals surface area (Å²) in [7, 11) is 0. The highest BCUT2D eigenvalue weighted by Gasteiger charge is 2.25. The van der Waals surface area contributed by atoms with Crippen molar-refractivity contribution in [2.24, 2.45) is 0 Å². The van der Waals surface area contributed by atoms with E-state index in [0.717, 1.165) is 49.4 Å². The number of rotatable bonds is 11. The van der Waals surface area contributed by atoms with Gasteiger partial charge in [-0.3, -0.25) is 4.79 Å². The average molecular weight is 454 g/mol. The van der Waals surface area contributed by atoms with Gasteiger partial charge in [-0.15, -0.1) is 0 Å². The summed E-state index contributed by atoms with van der Waals surface area (Å²) in [5.74, 6) is 0.637. The second-order valence-corrected chi connectivity index (χ2v) is 8.45. The van der Waals surface area contributed by atoms with Crippen LogP contribution in [0.2, 0.25) is 5.02 Å². The first kappa shape index (κ1) is 23.6. The third-order valence-corrected chi connectivity index (χ3v) is 5.62. The Morgan fingerprint density at radius 1 is 0.968 bits per heavy atom. The van der Waals surface area contributed by atoms with Crippen molar-refractivity contribution in [3.63, 3.8) is 0 Å². The molecule has 3 nitrogen and oxygen atoms in total. The number of Topliss-reactive ketones (excluding diaryl/α,β-unsaturated/α-hetero) is 1.